The molecule has 0 radical (unpaired) electrons. The lowest BCUT2D eigenvalue weighted by molar-refractivity contribution is -0.134. The summed E-state index contributed by atoms with van der Waals surface area (Å²) in [6, 6.07) is -0.390. The van der Waals surface area contributed by atoms with Gasteiger partial charge in [0.2, 0.25) is 15.9 Å². The summed E-state index contributed by atoms with van der Waals surface area (Å²) < 4.78 is 30.4. The quantitative estimate of drug-likeness (QED) is 0.689. The van der Waals surface area contributed by atoms with Gasteiger partial charge in [0.25, 0.3) is 0 Å². The zero-order valence-electron chi connectivity index (χ0n) is 12.0. The molecule has 0 spiro atoms. The first-order valence-corrected chi connectivity index (χ1v) is 8.80. The van der Waals surface area contributed by atoms with Crippen molar-refractivity contribution in [3.05, 3.63) is 0 Å². The second kappa shape index (κ2) is 6.38. The van der Waals surface area contributed by atoms with E-state index in [0.717, 1.165) is 19.1 Å². The molecule has 2 fully saturated rings. The minimum atomic E-state index is -3.23. The molecule has 0 aliphatic carbocycles. The number of carbonyl (C=O) groups is 1. The van der Waals surface area contributed by atoms with Crippen LogP contribution in [0.2, 0.25) is 0 Å². The number of hydrogen-bond donors (Lipinski definition) is 2. The van der Waals surface area contributed by atoms with Gasteiger partial charge in [-0.3, -0.25) is 4.79 Å². The van der Waals surface area contributed by atoms with Gasteiger partial charge in [-0.1, -0.05) is 0 Å². The average molecular weight is 305 g/mol. The van der Waals surface area contributed by atoms with Crippen molar-refractivity contribution in [1.29, 1.82) is 0 Å². The Balaban J connectivity index is 1.90. The molecule has 3 atom stereocenters. The van der Waals surface area contributed by atoms with Crippen LogP contribution in [0.25, 0.3) is 0 Å². The number of rotatable bonds is 4. The number of nitrogens with zero attached hydrogens (tertiary/aromatic N) is 1. The second-order valence-electron chi connectivity index (χ2n) is 5.57. The minimum absolute atomic E-state index is 0.0459. The highest BCUT2D eigenvalue weighted by molar-refractivity contribution is 7.88. The topological polar surface area (TPSA) is 87.7 Å². The number of carbonyl (C=O) groups excluding carboxylic acids is 1. The SMILES string of the molecule is COC1CNC(C(=O)N2CCCC(NS(C)(=O)=O)C2)C1. The van der Waals surface area contributed by atoms with E-state index in [1.807, 2.05) is 0 Å². The largest absolute Gasteiger partial charge is 0.380 e. The predicted molar refractivity (Wildman–Crippen MR) is 74.8 cm³/mol. The normalized spacial score (nSPS) is 31.5. The Bertz CT molecular complexity index is 454. The van der Waals surface area contributed by atoms with E-state index in [1.165, 1.54) is 0 Å². The molecule has 2 heterocycles. The van der Waals surface area contributed by atoms with Gasteiger partial charge in [-0.05, 0) is 19.3 Å². The van der Waals surface area contributed by atoms with Crippen molar-refractivity contribution in [1.82, 2.24) is 14.9 Å². The van der Waals surface area contributed by atoms with Crippen LogP contribution in [0, 0.1) is 0 Å². The molecule has 0 aromatic heterocycles. The zero-order valence-corrected chi connectivity index (χ0v) is 12.8. The molecule has 20 heavy (non-hydrogen) atoms. The molecule has 0 saturated carbocycles. The van der Waals surface area contributed by atoms with Gasteiger partial charge < -0.3 is 15.0 Å². The summed E-state index contributed by atoms with van der Waals surface area (Å²) in [6.45, 7) is 1.82. The van der Waals surface area contributed by atoms with Crippen molar-refractivity contribution in [2.45, 2.75) is 37.5 Å². The van der Waals surface area contributed by atoms with Crippen LogP contribution in [0.5, 0.6) is 0 Å². The highest BCUT2D eigenvalue weighted by Crippen LogP contribution is 2.16. The Kier molecular flexibility index (Phi) is 5.00. The minimum Gasteiger partial charge on any atom is -0.380 e. The lowest BCUT2D eigenvalue weighted by Gasteiger charge is -2.34. The summed E-state index contributed by atoms with van der Waals surface area (Å²) >= 11 is 0. The Morgan fingerprint density at radius 3 is 2.80 bits per heavy atom. The molecule has 0 aromatic carbocycles. The second-order valence-corrected chi connectivity index (χ2v) is 7.35. The van der Waals surface area contributed by atoms with Crippen LogP contribution in [0.3, 0.4) is 0 Å². The predicted octanol–water partition coefficient (Wildman–Crippen LogP) is -1.10. The molecule has 7 nitrogen and oxygen atoms in total. The Morgan fingerprint density at radius 2 is 2.20 bits per heavy atom. The van der Waals surface area contributed by atoms with Gasteiger partial charge in [-0.15, -0.1) is 0 Å². The number of methoxy groups -OCH3 is 1. The highest BCUT2D eigenvalue weighted by Gasteiger charge is 2.34. The van der Waals surface area contributed by atoms with E-state index in [4.69, 9.17) is 4.74 Å². The molecule has 8 heteroatoms. The fourth-order valence-electron chi connectivity index (χ4n) is 2.87. The first-order valence-electron chi connectivity index (χ1n) is 6.91. The van der Waals surface area contributed by atoms with Crippen molar-refractivity contribution >= 4 is 15.9 Å². The molecule has 2 rings (SSSR count). The van der Waals surface area contributed by atoms with Crippen LogP contribution in [0.1, 0.15) is 19.3 Å². The van der Waals surface area contributed by atoms with Crippen molar-refractivity contribution in [3.63, 3.8) is 0 Å². The molecule has 2 saturated heterocycles. The van der Waals surface area contributed by atoms with Crippen molar-refractivity contribution in [2.75, 3.05) is 33.0 Å². The van der Waals surface area contributed by atoms with Crippen LogP contribution in [-0.4, -0.2) is 70.4 Å². The van der Waals surface area contributed by atoms with Gasteiger partial charge in [-0.2, -0.15) is 0 Å². The molecule has 3 unspecified atom stereocenters. The lowest BCUT2D eigenvalue weighted by atomic mass is 10.0. The van der Waals surface area contributed by atoms with E-state index in [9.17, 15) is 13.2 Å². The zero-order chi connectivity index (χ0) is 14.8. The number of nitrogens with one attached hydrogen (secondary N) is 2. The van der Waals surface area contributed by atoms with Gasteiger partial charge >= 0.3 is 0 Å². The van der Waals surface area contributed by atoms with Gasteiger partial charge in [0.05, 0.1) is 18.4 Å². The smallest absolute Gasteiger partial charge is 0.239 e. The van der Waals surface area contributed by atoms with E-state index in [0.29, 0.717) is 26.1 Å². The molecular formula is C12H23N3O4S. The number of piperidine rings is 1. The van der Waals surface area contributed by atoms with Gasteiger partial charge in [0, 0.05) is 32.8 Å². The maximum absolute atomic E-state index is 12.4. The van der Waals surface area contributed by atoms with Crippen molar-refractivity contribution in [3.8, 4) is 0 Å². The van der Waals surface area contributed by atoms with Gasteiger partial charge in [0.15, 0.2) is 0 Å². The summed E-state index contributed by atoms with van der Waals surface area (Å²) in [5.74, 6) is 0.0459. The fourth-order valence-corrected chi connectivity index (χ4v) is 3.67. The van der Waals surface area contributed by atoms with Crippen LogP contribution < -0.4 is 10.0 Å². The van der Waals surface area contributed by atoms with E-state index in [2.05, 4.69) is 10.0 Å². The number of ether oxygens (including phenoxy) is 1. The van der Waals surface area contributed by atoms with E-state index >= 15 is 0 Å². The first-order chi connectivity index (χ1) is 9.39. The number of likely N-dealkylation sites (tertiary alicyclic amines) is 1. The standard InChI is InChI=1S/C12H23N3O4S/c1-19-10-6-11(13-7-10)12(16)15-5-3-4-9(8-15)14-20(2,17)18/h9-11,13-14H,3-8H2,1-2H3. The van der Waals surface area contributed by atoms with Crippen LogP contribution in [-0.2, 0) is 19.6 Å². The van der Waals surface area contributed by atoms with Crippen LogP contribution >= 0.6 is 0 Å². The molecule has 2 aliphatic heterocycles. The number of sulfonamides is 1. The third-order valence-electron chi connectivity index (χ3n) is 3.84. The van der Waals surface area contributed by atoms with Crippen LogP contribution in [0.15, 0.2) is 0 Å². The summed E-state index contributed by atoms with van der Waals surface area (Å²) in [4.78, 5) is 14.2. The lowest BCUT2D eigenvalue weighted by Crippen LogP contribution is -2.53. The maximum Gasteiger partial charge on any atom is 0.239 e. The molecule has 2 N–H and O–H groups in total. The maximum atomic E-state index is 12.4. The van der Waals surface area contributed by atoms with E-state index < -0.39 is 10.0 Å². The molecule has 0 bridgehead atoms. The van der Waals surface area contributed by atoms with E-state index in [-0.39, 0.29) is 24.1 Å². The van der Waals surface area contributed by atoms with E-state index in [1.54, 1.807) is 12.0 Å². The molecule has 0 aromatic rings. The molecule has 1 amide bonds. The molecule has 116 valence electrons. The average Bonchev–Trinajstić information content (AvgIpc) is 2.85. The highest BCUT2D eigenvalue weighted by atomic mass is 32.2. The Hall–Kier alpha value is -0.700. The van der Waals surface area contributed by atoms with Gasteiger partial charge in [0.1, 0.15) is 0 Å². The summed E-state index contributed by atoms with van der Waals surface area (Å²) in [5, 5.41) is 3.16. The summed E-state index contributed by atoms with van der Waals surface area (Å²) in [7, 11) is -1.58. The van der Waals surface area contributed by atoms with Crippen molar-refractivity contribution < 1.29 is 17.9 Å². The molecular weight excluding hydrogens is 282 g/mol. The fraction of sp³-hybridized carbons (Fsp3) is 0.917. The summed E-state index contributed by atoms with van der Waals surface area (Å²) in [6.07, 6.45) is 3.50. The summed E-state index contributed by atoms with van der Waals surface area (Å²) in [5.41, 5.74) is 0. The van der Waals surface area contributed by atoms with Crippen LogP contribution in [0.4, 0.5) is 0 Å². The molecule has 2 aliphatic rings. The third-order valence-corrected chi connectivity index (χ3v) is 4.60. The number of hydrogen-bond acceptors (Lipinski definition) is 5. The van der Waals surface area contributed by atoms with Crippen molar-refractivity contribution in [2.24, 2.45) is 0 Å². The number of amides is 1. The van der Waals surface area contributed by atoms with Gasteiger partial charge in [-0.25, -0.2) is 13.1 Å². The Labute approximate surface area is 120 Å². The first kappa shape index (κ1) is 15.7. The third kappa shape index (κ3) is 4.15. The Morgan fingerprint density at radius 1 is 1.45 bits per heavy atom. The monoisotopic (exact) mass is 305 g/mol.